The molecule has 0 amide bonds. The Kier molecular flexibility index (Phi) is 7.02. The lowest BCUT2D eigenvalue weighted by Crippen LogP contribution is -2.39. The van der Waals surface area contributed by atoms with E-state index in [0.29, 0.717) is 18.1 Å². The van der Waals surface area contributed by atoms with E-state index < -0.39 is 0 Å². The molecule has 0 saturated carbocycles. The van der Waals surface area contributed by atoms with Gasteiger partial charge in [-0.05, 0) is 31.5 Å². The van der Waals surface area contributed by atoms with Crippen LogP contribution in [0.2, 0.25) is 5.02 Å². The number of methoxy groups -OCH3 is 1. The van der Waals surface area contributed by atoms with Crippen molar-refractivity contribution in [3.05, 3.63) is 50.4 Å². The molecule has 0 saturated heterocycles. The zero-order valence-electron chi connectivity index (χ0n) is 14.4. The predicted molar refractivity (Wildman–Crippen MR) is 101 cm³/mol. The Bertz CT molecular complexity index is 702. The van der Waals surface area contributed by atoms with Gasteiger partial charge in [0.15, 0.2) is 5.96 Å². The highest BCUT2D eigenvalue weighted by Gasteiger charge is 2.12. The maximum Gasteiger partial charge on any atom is 0.191 e. The molecule has 7 heteroatoms. The molecule has 0 bridgehead atoms. The van der Waals surface area contributed by atoms with Crippen molar-refractivity contribution in [3.63, 3.8) is 0 Å². The second-order valence-electron chi connectivity index (χ2n) is 5.33. The van der Waals surface area contributed by atoms with Gasteiger partial charge in [0.2, 0.25) is 0 Å². The molecule has 0 radical (unpaired) electrons. The lowest BCUT2D eigenvalue weighted by molar-refractivity contribution is 0.106. The van der Waals surface area contributed by atoms with Crippen LogP contribution in [0.25, 0.3) is 0 Å². The van der Waals surface area contributed by atoms with Gasteiger partial charge in [0, 0.05) is 30.6 Å². The summed E-state index contributed by atoms with van der Waals surface area (Å²) in [5.41, 5.74) is 2.09. The molecule has 0 aliphatic heterocycles. The van der Waals surface area contributed by atoms with Gasteiger partial charge in [0.05, 0.1) is 23.4 Å². The summed E-state index contributed by atoms with van der Waals surface area (Å²) in [5, 5.41) is 8.38. The second-order valence-corrected chi connectivity index (χ2v) is 7.05. The van der Waals surface area contributed by atoms with E-state index in [1.54, 1.807) is 25.5 Å². The van der Waals surface area contributed by atoms with Gasteiger partial charge >= 0.3 is 0 Å². The first-order chi connectivity index (χ1) is 11.5. The molecule has 0 spiro atoms. The third-order valence-electron chi connectivity index (χ3n) is 3.60. The fourth-order valence-electron chi connectivity index (χ4n) is 2.36. The molecule has 1 heterocycles. The van der Waals surface area contributed by atoms with E-state index in [2.05, 4.69) is 20.6 Å². The number of aryl methyl sites for hydroxylation is 2. The van der Waals surface area contributed by atoms with Crippen LogP contribution >= 0.6 is 22.9 Å². The average molecular weight is 367 g/mol. The number of hydrogen-bond acceptors (Lipinski definition) is 4. The fraction of sp³-hybridized carbons (Fsp3) is 0.412. The van der Waals surface area contributed by atoms with Crippen molar-refractivity contribution in [1.82, 2.24) is 15.6 Å². The van der Waals surface area contributed by atoms with Crippen molar-refractivity contribution in [3.8, 4) is 0 Å². The molecule has 1 unspecified atom stereocenters. The Morgan fingerprint density at radius 1 is 1.38 bits per heavy atom. The minimum atomic E-state index is -0.102. The summed E-state index contributed by atoms with van der Waals surface area (Å²) in [5.74, 6) is 0.726. The van der Waals surface area contributed by atoms with Crippen LogP contribution in [0.5, 0.6) is 0 Å². The monoisotopic (exact) mass is 366 g/mol. The van der Waals surface area contributed by atoms with E-state index in [1.807, 2.05) is 38.1 Å². The highest BCUT2D eigenvalue weighted by atomic mass is 35.5. The molecular formula is C17H23ClN4OS. The van der Waals surface area contributed by atoms with E-state index >= 15 is 0 Å². The first-order valence-electron chi connectivity index (χ1n) is 7.69. The van der Waals surface area contributed by atoms with Crippen LogP contribution in [0.15, 0.2) is 29.3 Å². The minimum absolute atomic E-state index is 0.102. The number of rotatable bonds is 6. The van der Waals surface area contributed by atoms with Gasteiger partial charge in [0.25, 0.3) is 0 Å². The van der Waals surface area contributed by atoms with E-state index in [0.717, 1.165) is 22.2 Å². The van der Waals surface area contributed by atoms with E-state index in [-0.39, 0.29) is 6.10 Å². The number of nitrogens with one attached hydrogen (secondary N) is 2. The summed E-state index contributed by atoms with van der Waals surface area (Å²) in [6, 6.07) is 7.69. The molecular weight excluding hydrogens is 344 g/mol. The molecule has 1 atom stereocenters. The topological polar surface area (TPSA) is 58.5 Å². The Morgan fingerprint density at radius 2 is 2.17 bits per heavy atom. The zero-order valence-corrected chi connectivity index (χ0v) is 16.0. The Labute approximate surface area is 152 Å². The number of halogens is 1. The van der Waals surface area contributed by atoms with Crippen LogP contribution in [0.3, 0.4) is 0 Å². The molecule has 2 rings (SSSR count). The van der Waals surface area contributed by atoms with Gasteiger partial charge in [-0.15, -0.1) is 11.3 Å². The SMILES string of the molecule is CN=C(NCc1sc(C)nc1C)NCC(OC)c1cccc(Cl)c1. The standard InChI is InChI=1S/C17H23ClN4OS/c1-11-16(24-12(2)22-11)10-21-17(19-3)20-9-15(23-4)13-6-5-7-14(18)8-13/h5-8,15H,9-10H2,1-4H3,(H2,19,20,21). The number of aliphatic imine (C=N–C) groups is 1. The van der Waals surface area contributed by atoms with Gasteiger partial charge in [-0.2, -0.15) is 0 Å². The van der Waals surface area contributed by atoms with Gasteiger partial charge in [-0.3, -0.25) is 4.99 Å². The molecule has 0 aliphatic carbocycles. The second kappa shape index (κ2) is 9.01. The summed E-state index contributed by atoms with van der Waals surface area (Å²) in [7, 11) is 3.44. The number of aromatic nitrogens is 1. The molecule has 0 fully saturated rings. The first-order valence-corrected chi connectivity index (χ1v) is 8.88. The summed E-state index contributed by atoms with van der Waals surface area (Å²) in [6.45, 7) is 5.34. The third kappa shape index (κ3) is 5.19. The molecule has 130 valence electrons. The third-order valence-corrected chi connectivity index (χ3v) is 4.91. The molecule has 2 aromatic rings. The number of nitrogens with zero attached hydrogens (tertiary/aromatic N) is 2. The Hall–Kier alpha value is -1.63. The number of benzene rings is 1. The number of ether oxygens (including phenoxy) is 1. The van der Waals surface area contributed by atoms with Gasteiger partial charge in [-0.1, -0.05) is 23.7 Å². The van der Waals surface area contributed by atoms with Gasteiger partial charge in [-0.25, -0.2) is 4.98 Å². The predicted octanol–water partition coefficient (Wildman–Crippen LogP) is 3.47. The van der Waals surface area contributed by atoms with Crippen LogP contribution in [-0.2, 0) is 11.3 Å². The van der Waals surface area contributed by atoms with Crippen molar-refractivity contribution in [2.24, 2.45) is 4.99 Å². The van der Waals surface area contributed by atoms with Crippen LogP contribution < -0.4 is 10.6 Å². The van der Waals surface area contributed by atoms with Crippen molar-refractivity contribution in [2.45, 2.75) is 26.5 Å². The zero-order chi connectivity index (χ0) is 17.5. The normalized spacial score (nSPS) is 13.0. The largest absolute Gasteiger partial charge is 0.375 e. The van der Waals surface area contributed by atoms with E-state index in [4.69, 9.17) is 16.3 Å². The van der Waals surface area contributed by atoms with E-state index in [1.165, 1.54) is 4.88 Å². The summed E-state index contributed by atoms with van der Waals surface area (Å²) < 4.78 is 5.56. The summed E-state index contributed by atoms with van der Waals surface area (Å²) in [6.07, 6.45) is -0.102. The lowest BCUT2D eigenvalue weighted by atomic mass is 10.1. The highest BCUT2D eigenvalue weighted by molar-refractivity contribution is 7.11. The fourth-order valence-corrected chi connectivity index (χ4v) is 3.43. The molecule has 24 heavy (non-hydrogen) atoms. The van der Waals surface area contributed by atoms with Crippen LogP contribution in [-0.4, -0.2) is 31.6 Å². The van der Waals surface area contributed by atoms with Crippen molar-refractivity contribution >= 4 is 28.9 Å². The number of thiazole rings is 1. The smallest absolute Gasteiger partial charge is 0.191 e. The van der Waals surface area contributed by atoms with Crippen molar-refractivity contribution in [1.29, 1.82) is 0 Å². The average Bonchev–Trinajstić information content (AvgIpc) is 2.88. The lowest BCUT2D eigenvalue weighted by Gasteiger charge is -2.19. The van der Waals surface area contributed by atoms with Crippen molar-refractivity contribution in [2.75, 3.05) is 20.7 Å². The maximum absolute atomic E-state index is 6.05. The maximum atomic E-state index is 6.05. The number of hydrogen-bond donors (Lipinski definition) is 2. The summed E-state index contributed by atoms with van der Waals surface area (Å²) in [4.78, 5) is 9.91. The minimum Gasteiger partial charge on any atom is -0.375 e. The van der Waals surface area contributed by atoms with Gasteiger partial charge < -0.3 is 15.4 Å². The van der Waals surface area contributed by atoms with Crippen LogP contribution in [0.4, 0.5) is 0 Å². The van der Waals surface area contributed by atoms with Gasteiger partial charge in [0.1, 0.15) is 0 Å². The molecule has 2 N–H and O–H groups in total. The molecule has 1 aromatic heterocycles. The number of guanidine groups is 1. The summed E-state index contributed by atoms with van der Waals surface area (Å²) >= 11 is 7.75. The Balaban J connectivity index is 1.91. The highest BCUT2D eigenvalue weighted by Crippen LogP contribution is 2.20. The van der Waals surface area contributed by atoms with E-state index in [9.17, 15) is 0 Å². The van der Waals surface area contributed by atoms with Crippen LogP contribution in [0, 0.1) is 13.8 Å². The van der Waals surface area contributed by atoms with Crippen LogP contribution in [0.1, 0.15) is 27.2 Å². The van der Waals surface area contributed by atoms with Crippen molar-refractivity contribution < 1.29 is 4.74 Å². The molecule has 5 nitrogen and oxygen atoms in total. The first kappa shape index (κ1) is 18.7. The Morgan fingerprint density at radius 3 is 2.75 bits per heavy atom. The molecule has 1 aromatic carbocycles. The quantitative estimate of drug-likeness (QED) is 0.607. The molecule has 0 aliphatic rings.